The number of thioether (sulfide) groups is 1. The van der Waals surface area contributed by atoms with E-state index in [0.29, 0.717) is 16.5 Å². The minimum atomic E-state index is -4.55. The van der Waals surface area contributed by atoms with Crippen molar-refractivity contribution in [2.75, 3.05) is 0 Å². The smallest absolute Gasteiger partial charge is 0.343 e. The van der Waals surface area contributed by atoms with Crippen molar-refractivity contribution in [2.24, 2.45) is 0 Å². The summed E-state index contributed by atoms with van der Waals surface area (Å²) >= 11 is 6.55. The Hall–Kier alpha value is -3.64. The van der Waals surface area contributed by atoms with Crippen molar-refractivity contribution in [1.82, 2.24) is 24.8 Å². The lowest BCUT2D eigenvalue weighted by atomic mass is 10.1. The van der Waals surface area contributed by atoms with Crippen LogP contribution in [0.5, 0.6) is 0 Å². The molecular formula is C22H13ClF3N5O3S. The molecule has 0 N–H and O–H groups in total. The van der Waals surface area contributed by atoms with Gasteiger partial charge in [0.15, 0.2) is 5.82 Å². The molecule has 2 amide bonds. The molecule has 0 saturated carbocycles. The number of aromatic nitrogens is 4. The van der Waals surface area contributed by atoms with Gasteiger partial charge in [0.2, 0.25) is 6.39 Å². The van der Waals surface area contributed by atoms with Gasteiger partial charge in [0.25, 0.3) is 11.1 Å². The van der Waals surface area contributed by atoms with E-state index in [2.05, 4.69) is 19.8 Å². The molecule has 0 aliphatic carbocycles. The number of imide groups is 1. The molecule has 3 heterocycles. The zero-order valence-corrected chi connectivity index (χ0v) is 19.1. The number of rotatable bonds is 5. The second kappa shape index (κ2) is 8.86. The summed E-state index contributed by atoms with van der Waals surface area (Å²) in [5.74, 6) is -0.278. The van der Waals surface area contributed by atoms with Crippen LogP contribution in [0.2, 0.25) is 5.02 Å². The van der Waals surface area contributed by atoms with Crippen LogP contribution >= 0.6 is 23.4 Å². The van der Waals surface area contributed by atoms with Gasteiger partial charge in [-0.2, -0.15) is 23.3 Å². The first-order valence-electron chi connectivity index (χ1n) is 10.0. The SMILES string of the molecule is O=C1S/C(=C\c2ccc3c(cnn3Cc3ccc(Cl)cc3C(F)(F)F)c2)C(=O)N1Cc1ncon1. The number of halogens is 4. The van der Waals surface area contributed by atoms with Gasteiger partial charge in [-0.15, -0.1) is 0 Å². The fourth-order valence-corrected chi connectivity index (χ4v) is 4.63. The molecule has 178 valence electrons. The summed E-state index contributed by atoms with van der Waals surface area (Å²) in [5.41, 5.74) is 0.452. The lowest BCUT2D eigenvalue weighted by Crippen LogP contribution is -2.28. The Morgan fingerprint density at radius 3 is 2.69 bits per heavy atom. The van der Waals surface area contributed by atoms with Crippen molar-refractivity contribution >= 4 is 51.5 Å². The molecule has 0 spiro atoms. The molecule has 4 aromatic rings. The number of nitrogens with zero attached hydrogens (tertiary/aromatic N) is 5. The Morgan fingerprint density at radius 1 is 1.11 bits per heavy atom. The molecule has 5 rings (SSSR count). The second-order valence-corrected chi connectivity index (χ2v) is 8.96. The van der Waals surface area contributed by atoms with Crippen LogP contribution in [0.4, 0.5) is 18.0 Å². The Balaban J connectivity index is 1.40. The summed E-state index contributed by atoms with van der Waals surface area (Å²) in [7, 11) is 0. The fraction of sp³-hybridized carbons (Fsp3) is 0.136. The van der Waals surface area contributed by atoms with Crippen LogP contribution in [0, 0.1) is 0 Å². The van der Waals surface area contributed by atoms with E-state index < -0.39 is 22.9 Å². The molecule has 0 atom stereocenters. The lowest BCUT2D eigenvalue weighted by molar-refractivity contribution is -0.138. The predicted molar refractivity (Wildman–Crippen MR) is 121 cm³/mol. The van der Waals surface area contributed by atoms with Gasteiger partial charge >= 0.3 is 6.18 Å². The Kier molecular flexibility index (Phi) is 5.85. The largest absolute Gasteiger partial charge is 0.416 e. The summed E-state index contributed by atoms with van der Waals surface area (Å²) in [4.78, 5) is 30.0. The average molecular weight is 520 g/mol. The maximum atomic E-state index is 13.4. The first-order chi connectivity index (χ1) is 16.7. The maximum absolute atomic E-state index is 13.4. The highest BCUT2D eigenvalue weighted by atomic mass is 35.5. The lowest BCUT2D eigenvalue weighted by Gasteiger charge is -2.14. The van der Waals surface area contributed by atoms with Crippen LogP contribution in [0.1, 0.15) is 22.5 Å². The number of amides is 2. The molecule has 8 nitrogen and oxygen atoms in total. The second-order valence-electron chi connectivity index (χ2n) is 7.53. The molecule has 1 saturated heterocycles. The van der Waals surface area contributed by atoms with Gasteiger partial charge < -0.3 is 4.52 Å². The van der Waals surface area contributed by atoms with Crippen molar-refractivity contribution in [3.05, 3.63) is 81.4 Å². The van der Waals surface area contributed by atoms with Crippen molar-refractivity contribution in [1.29, 1.82) is 0 Å². The summed E-state index contributed by atoms with van der Waals surface area (Å²) in [6.07, 6.45) is -0.351. The standard InChI is InChI=1S/C22H13ClF3N5O3S/c23-15-3-2-13(16(7-15)22(24,25)26)9-31-17-4-1-12(5-14(17)8-28-31)6-18-20(32)30(21(33)35-18)10-19-27-11-34-29-19/h1-8,11H,9-10H2/b18-6-. The third-order valence-corrected chi connectivity index (χ3v) is 6.38. The van der Waals surface area contributed by atoms with E-state index in [-0.39, 0.29) is 34.4 Å². The quantitative estimate of drug-likeness (QED) is 0.327. The number of carbonyl (C=O) groups excluding carboxylic acids is 2. The summed E-state index contributed by atoms with van der Waals surface area (Å²) < 4.78 is 46.4. The topological polar surface area (TPSA) is 94.1 Å². The number of benzene rings is 2. The minimum absolute atomic E-state index is 0.00209. The van der Waals surface area contributed by atoms with Crippen molar-refractivity contribution < 1.29 is 27.3 Å². The number of hydrogen-bond donors (Lipinski definition) is 0. The average Bonchev–Trinajstić information content (AvgIpc) is 3.52. The minimum Gasteiger partial charge on any atom is -0.343 e. The molecule has 0 bridgehead atoms. The normalized spacial score (nSPS) is 15.7. The first-order valence-corrected chi connectivity index (χ1v) is 11.2. The van der Waals surface area contributed by atoms with E-state index in [1.54, 1.807) is 24.3 Å². The van der Waals surface area contributed by atoms with Crippen molar-refractivity contribution in [2.45, 2.75) is 19.3 Å². The fourth-order valence-electron chi connectivity index (χ4n) is 3.62. The summed E-state index contributed by atoms with van der Waals surface area (Å²) in [5, 5.41) is 8.04. The van der Waals surface area contributed by atoms with E-state index >= 15 is 0 Å². The molecular weight excluding hydrogens is 507 g/mol. The van der Waals surface area contributed by atoms with Gasteiger partial charge in [-0.3, -0.25) is 19.2 Å². The third kappa shape index (κ3) is 4.66. The Morgan fingerprint density at radius 2 is 1.94 bits per heavy atom. The molecule has 1 aliphatic rings. The molecule has 2 aromatic carbocycles. The van der Waals surface area contributed by atoms with E-state index in [1.165, 1.54) is 23.0 Å². The predicted octanol–water partition coefficient (Wildman–Crippen LogP) is 5.38. The highest BCUT2D eigenvalue weighted by Gasteiger charge is 2.36. The molecule has 0 unspecified atom stereocenters. The van der Waals surface area contributed by atoms with Gasteiger partial charge in [0.1, 0.15) is 0 Å². The Bertz CT molecular complexity index is 1480. The van der Waals surface area contributed by atoms with Crippen LogP contribution in [0.25, 0.3) is 17.0 Å². The number of fused-ring (bicyclic) bond motifs is 1. The van der Waals surface area contributed by atoms with E-state index in [9.17, 15) is 22.8 Å². The third-order valence-electron chi connectivity index (χ3n) is 5.24. The van der Waals surface area contributed by atoms with Crippen LogP contribution in [0.15, 0.2) is 58.4 Å². The molecule has 13 heteroatoms. The summed E-state index contributed by atoms with van der Waals surface area (Å²) in [6.45, 7) is -0.210. The van der Waals surface area contributed by atoms with Gasteiger partial charge in [0, 0.05) is 10.4 Å². The Labute approximate surface area is 204 Å². The molecule has 1 aliphatic heterocycles. The highest BCUT2D eigenvalue weighted by molar-refractivity contribution is 8.18. The van der Waals surface area contributed by atoms with E-state index in [1.807, 2.05) is 0 Å². The number of alkyl halides is 3. The van der Waals surface area contributed by atoms with Crippen LogP contribution in [-0.2, 0) is 24.1 Å². The zero-order chi connectivity index (χ0) is 24.7. The summed E-state index contributed by atoms with van der Waals surface area (Å²) in [6, 6.07) is 8.76. The van der Waals surface area contributed by atoms with Crippen LogP contribution in [0.3, 0.4) is 0 Å². The molecule has 2 aromatic heterocycles. The molecule has 0 radical (unpaired) electrons. The molecule has 1 fully saturated rings. The van der Waals surface area contributed by atoms with Crippen molar-refractivity contribution in [3.63, 3.8) is 0 Å². The van der Waals surface area contributed by atoms with Gasteiger partial charge in [-0.05, 0) is 53.2 Å². The number of hydrogen-bond acceptors (Lipinski definition) is 7. The zero-order valence-electron chi connectivity index (χ0n) is 17.5. The van der Waals surface area contributed by atoms with Gasteiger partial charge in [-0.1, -0.05) is 28.9 Å². The van der Waals surface area contributed by atoms with Crippen LogP contribution in [-0.4, -0.2) is 36.0 Å². The van der Waals surface area contributed by atoms with Gasteiger partial charge in [-0.25, -0.2) is 0 Å². The number of carbonyl (C=O) groups is 2. The molecule has 35 heavy (non-hydrogen) atoms. The first kappa shape index (κ1) is 23.1. The van der Waals surface area contributed by atoms with E-state index in [4.69, 9.17) is 11.6 Å². The highest BCUT2D eigenvalue weighted by Crippen LogP contribution is 2.35. The maximum Gasteiger partial charge on any atom is 0.416 e. The van der Waals surface area contributed by atoms with Crippen LogP contribution < -0.4 is 0 Å². The van der Waals surface area contributed by atoms with Gasteiger partial charge in [0.05, 0.1) is 35.3 Å². The van der Waals surface area contributed by atoms with E-state index in [0.717, 1.165) is 29.1 Å². The monoisotopic (exact) mass is 519 g/mol. The van der Waals surface area contributed by atoms with Crippen molar-refractivity contribution in [3.8, 4) is 0 Å².